The van der Waals surface area contributed by atoms with Crippen LogP contribution in [0.3, 0.4) is 0 Å². The van der Waals surface area contributed by atoms with Crippen molar-refractivity contribution in [2.75, 3.05) is 13.2 Å². The van der Waals surface area contributed by atoms with Crippen LogP contribution in [-0.4, -0.2) is 46.0 Å². The van der Waals surface area contributed by atoms with Crippen molar-refractivity contribution in [3.63, 3.8) is 0 Å². The molecular formula is C13H19IN4O3. The number of amides is 2. The molecule has 21 heavy (non-hydrogen) atoms. The van der Waals surface area contributed by atoms with Crippen LogP contribution in [0, 0.1) is 3.70 Å². The average Bonchev–Trinajstić information content (AvgIpc) is 2.75. The van der Waals surface area contributed by atoms with Crippen LogP contribution in [-0.2, 0) is 17.7 Å². The second kappa shape index (κ2) is 6.63. The van der Waals surface area contributed by atoms with Gasteiger partial charge in [-0.1, -0.05) is 0 Å². The zero-order valence-electron chi connectivity index (χ0n) is 12.4. The van der Waals surface area contributed by atoms with Crippen molar-refractivity contribution in [3.05, 3.63) is 15.0 Å². The van der Waals surface area contributed by atoms with Gasteiger partial charge in [-0.3, -0.25) is 0 Å². The number of ether oxygens (including phenoxy) is 1. The molecule has 2 rings (SSSR count). The molecule has 0 bridgehead atoms. The van der Waals surface area contributed by atoms with Gasteiger partial charge in [-0.2, -0.15) is 9.78 Å². The van der Waals surface area contributed by atoms with E-state index in [0.717, 1.165) is 15.0 Å². The molecule has 0 fully saturated rings. The van der Waals surface area contributed by atoms with E-state index in [0.29, 0.717) is 26.1 Å². The summed E-state index contributed by atoms with van der Waals surface area (Å²) in [5.74, 6) is 0. The smallest absolute Gasteiger partial charge is 0.434 e. The largest absolute Gasteiger partial charge is 0.448 e. The summed E-state index contributed by atoms with van der Waals surface area (Å²) in [5.41, 5.74) is 1.76. The van der Waals surface area contributed by atoms with Gasteiger partial charge in [-0.25, -0.2) is 9.59 Å². The number of carbonyl (C=O) groups excluding carboxylic acids is 2. The van der Waals surface area contributed by atoms with Crippen LogP contribution < -0.4 is 5.32 Å². The first-order valence-electron chi connectivity index (χ1n) is 6.92. The Labute approximate surface area is 137 Å². The van der Waals surface area contributed by atoms with E-state index in [4.69, 9.17) is 4.74 Å². The molecule has 0 atom stereocenters. The Morgan fingerprint density at radius 2 is 2.19 bits per heavy atom. The maximum absolute atomic E-state index is 12.1. The third-order valence-electron chi connectivity index (χ3n) is 3.15. The zero-order valence-corrected chi connectivity index (χ0v) is 14.5. The lowest BCUT2D eigenvalue weighted by Crippen LogP contribution is -2.45. The standard InChI is InChI=1S/C13H19IN4O3/c1-4-21-13(20)18-10-5-6-17(12(19)15-8(2)3)7-9(10)11(14)16-18/h8H,4-7H2,1-3H3,(H,15,19). The Kier molecular flexibility index (Phi) is 5.07. The van der Waals surface area contributed by atoms with E-state index in [-0.39, 0.29) is 12.1 Å². The van der Waals surface area contributed by atoms with Crippen molar-refractivity contribution in [1.82, 2.24) is 20.0 Å². The highest BCUT2D eigenvalue weighted by Crippen LogP contribution is 2.24. The molecule has 1 aromatic heterocycles. The van der Waals surface area contributed by atoms with E-state index in [2.05, 4.69) is 33.0 Å². The van der Waals surface area contributed by atoms with Crippen LogP contribution in [0.1, 0.15) is 32.0 Å². The summed E-state index contributed by atoms with van der Waals surface area (Å²) in [7, 11) is 0. The van der Waals surface area contributed by atoms with Crippen LogP contribution in [0.5, 0.6) is 0 Å². The number of nitrogens with one attached hydrogen (secondary N) is 1. The fourth-order valence-corrected chi connectivity index (χ4v) is 2.92. The number of halogens is 1. The van der Waals surface area contributed by atoms with Gasteiger partial charge in [-0.15, -0.1) is 0 Å². The highest BCUT2D eigenvalue weighted by atomic mass is 127. The first kappa shape index (κ1) is 16.1. The molecule has 2 amide bonds. The van der Waals surface area contributed by atoms with Crippen molar-refractivity contribution in [2.24, 2.45) is 0 Å². The fraction of sp³-hybridized carbons (Fsp3) is 0.615. The van der Waals surface area contributed by atoms with E-state index in [1.165, 1.54) is 4.68 Å². The number of hydrogen-bond acceptors (Lipinski definition) is 4. The van der Waals surface area contributed by atoms with Gasteiger partial charge in [0.2, 0.25) is 0 Å². The molecule has 1 aromatic rings. The number of hydrogen-bond donors (Lipinski definition) is 1. The predicted molar refractivity (Wildman–Crippen MR) is 85.1 cm³/mol. The Balaban J connectivity index is 2.18. The Morgan fingerprint density at radius 1 is 1.48 bits per heavy atom. The lowest BCUT2D eigenvalue weighted by Gasteiger charge is -2.28. The molecule has 0 unspecified atom stereocenters. The molecule has 0 aliphatic carbocycles. The highest BCUT2D eigenvalue weighted by molar-refractivity contribution is 14.1. The number of rotatable bonds is 2. The van der Waals surface area contributed by atoms with Gasteiger partial charge in [-0.05, 0) is 43.4 Å². The number of carbonyl (C=O) groups is 2. The molecule has 0 aromatic carbocycles. The predicted octanol–water partition coefficient (Wildman–Crippen LogP) is 1.97. The molecule has 0 radical (unpaired) electrons. The maximum atomic E-state index is 12.1. The Hall–Kier alpha value is -1.32. The van der Waals surface area contributed by atoms with Crippen LogP contribution in [0.2, 0.25) is 0 Å². The third kappa shape index (κ3) is 3.47. The van der Waals surface area contributed by atoms with E-state index in [1.54, 1.807) is 11.8 Å². The average molecular weight is 406 g/mol. The number of fused-ring (bicyclic) bond motifs is 1. The monoisotopic (exact) mass is 406 g/mol. The molecule has 116 valence electrons. The minimum absolute atomic E-state index is 0.0877. The van der Waals surface area contributed by atoms with Crippen molar-refractivity contribution in [2.45, 2.75) is 39.8 Å². The zero-order chi connectivity index (χ0) is 15.6. The topological polar surface area (TPSA) is 76.5 Å². The van der Waals surface area contributed by atoms with Crippen LogP contribution >= 0.6 is 22.6 Å². The summed E-state index contributed by atoms with van der Waals surface area (Å²) in [6, 6.07) is 0.00978. The summed E-state index contributed by atoms with van der Waals surface area (Å²) >= 11 is 2.09. The van der Waals surface area contributed by atoms with Gasteiger partial charge < -0.3 is 15.0 Å². The highest BCUT2D eigenvalue weighted by Gasteiger charge is 2.29. The summed E-state index contributed by atoms with van der Waals surface area (Å²) in [6.07, 6.45) is 0.132. The Bertz CT molecular complexity index is 556. The molecule has 1 aliphatic heterocycles. The third-order valence-corrected chi connectivity index (χ3v) is 4.02. The number of aromatic nitrogens is 2. The molecule has 1 N–H and O–H groups in total. The minimum Gasteiger partial charge on any atom is -0.448 e. The van der Waals surface area contributed by atoms with Crippen LogP contribution in [0.15, 0.2) is 0 Å². The molecule has 1 aliphatic rings. The molecule has 7 nitrogen and oxygen atoms in total. The Morgan fingerprint density at radius 3 is 2.81 bits per heavy atom. The molecule has 2 heterocycles. The normalized spacial score (nSPS) is 14.0. The summed E-state index contributed by atoms with van der Waals surface area (Å²) < 4.78 is 7.05. The van der Waals surface area contributed by atoms with Gasteiger partial charge in [0.05, 0.1) is 18.8 Å². The molecule has 8 heteroatoms. The summed E-state index contributed by atoms with van der Waals surface area (Å²) in [6.45, 7) is 6.95. The minimum atomic E-state index is -0.461. The van der Waals surface area contributed by atoms with Crippen LogP contribution in [0.25, 0.3) is 0 Å². The quantitative estimate of drug-likeness (QED) is 0.763. The van der Waals surface area contributed by atoms with Gasteiger partial charge in [0.15, 0.2) is 0 Å². The van der Waals surface area contributed by atoms with E-state index in [1.807, 2.05) is 13.8 Å². The van der Waals surface area contributed by atoms with Crippen molar-refractivity contribution < 1.29 is 14.3 Å². The van der Waals surface area contributed by atoms with Crippen molar-refractivity contribution >= 4 is 34.7 Å². The maximum Gasteiger partial charge on any atom is 0.434 e. The van der Waals surface area contributed by atoms with Crippen molar-refractivity contribution in [3.8, 4) is 0 Å². The first-order chi connectivity index (χ1) is 9.93. The van der Waals surface area contributed by atoms with E-state index < -0.39 is 6.09 Å². The molecule has 0 saturated carbocycles. The van der Waals surface area contributed by atoms with Gasteiger partial charge in [0, 0.05) is 24.6 Å². The van der Waals surface area contributed by atoms with E-state index >= 15 is 0 Å². The lowest BCUT2D eigenvalue weighted by molar-refractivity contribution is 0.148. The first-order valence-corrected chi connectivity index (χ1v) is 8.00. The summed E-state index contributed by atoms with van der Waals surface area (Å²) in [4.78, 5) is 25.7. The van der Waals surface area contributed by atoms with Gasteiger partial charge in [0.1, 0.15) is 3.70 Å². The number of nitrogens with zero attached hydrogens (tertiary/aromatic N) is 3. The summed E-state index contributed by atoms with van der Waals surface area (Å²) in [5, 5.41) is 7.11. The fourth-order valence-electron chi connectivity index (χ4n) is 2.23. The number of urea groups is 1. The second-order valence-electron chi connectivity index (χ2n) is 5.10. The van der Waals surface area contributed by atoms with Gasteiger partial charge >= 0.3 is 12.1 Å². The second-order valence-corrected chi connectivity index (χ2v) is 6.12. The SMILES string of the molecule is CCOC(=O)n1nc(I)c2c1CCN(C(=O)NC(C)C)C2. The van der Waals surface area contributed by atoms with E-state index in [9.17, 15) is 9.59 Å². The van der Waals surface area contributed by atoms with Crippen molar-refractivity contribution in [1.29, 1.82) is 0 Å². The van der Waals surface area contributed by atoms with Crippen LogP contribution in [0.4, 0.5) is 9.59 Å². The molecule has 0 spiro atoms. The lowest BCUT2D eigenvalue weighted by atomic mass is 10.1. The molecule has 0 saturated heterocycles. The molecular weight excluding hydrogens is 387 g/mol. The van der Waals surface area contributed by atoms with Gasteiger partial charge in [0.25, 0.3) is 0 Å².